The van der Waals surface area contributed by atoms with E-state index in [2.05, 4.69) is 64.5 Å². The van der Waals surface area contributed by atoms with E-state index in [9.17, 15) is 24.9 Å². The first kappa shape index (κ1) is 73.9. The van der Waals surface area contributed by atoms with Crippen LogP contribution in [-0.2, 0) is 57.0 Å². The van der Waals surface area contributed by atoms with Crippen LogP contribution < -0.4 is 0 Å². The summed E-state index contributed by atoms with van der Waals surface area (Å²) >= 11 is 0. The molecule has 0 heterocycles. The van der Waals surface area contributed by atoms with Crippen LogP contribution in [0.5, 0.6) is 0 Å². The van der Waals surface area contributed by atoms with Crippen LogP contribution in [0.1, 0.15) is 80.6 Å². The fourth-order valence-corrected chi connectivity index (χ4v) is 5.09. The second-order valence-electron chi connectivity index (χ2n) is 16.0. The number of aliphatic hydroxyl groups excluding tert-OH is 3. The summed E-state index contributed by atoms with van der Waals surface area (Å²) in [4.78, 5) is 24.4. The Morgan fingerprint density at radius 3 is 1.28 bits per heavy atom. The molecule has 0 aliphatic heterocycles. The summed E-state index contributed by atoms with van der Waals surface area (Å²) in [5.41, 5.74) is 0.882. The fourth-order valence-electron chi connectivity index (χ4n) is 5.09. The van der Waals surface area contributed by atoms with Gasteiger partial charge >= 0.3 is 11.9 Å². The quantitative estimate of drug-likeness (QED) is 0.0234. The number of aliphatic hydroxyl groups is 3. The lowest BCUT2D eigenvalue weighted by atomic mass is 10.1. The summed E-state index contributed by atoms with van der Waals surface area (Å²) in [5, 5.41) is 29.1. The van der Waals surface area contributed by atoms with E-state index in [0.29, 0.717) is 90.2 Å². The lowest BCUT2D eigenvalue weighted by Crippen LogP contribution is -2.35. The minimum Gasteiger partial charge on any atom is -0.462 e. The molecule has 0 aliphatic carbocycles. The highest BCUT2D eigenvalue weighted by Crippen LogP contribution is 2.07. The molecule has 0 bridgehead atoms. The minimum atomic E-state index is -0.709. The number of rotatable bonds is 45. The van der Waals surface area contributed by atoms with Crippen LogP contribution in [-0.4, -0.2) is 188 Å². The number of nitrogens with zero attached hydrogens (tertiary/aromatic N) is 1. The lowest BCUT2D eigenvalue weighted by molar-refractivity contribution is -0.142. The Morgan fingerprint density at radius 2 is 0.915 bits per heavy atom. The summed E-state index contributed by atoms with van der Waals surface area (Å²) in [7, 11) is 0. The Balaban J connectivity index is -0.000000436. The van der Waals surface area contributed by atoms with Gasteiger partial charge in [-0.2, -0.15) is 0 Å². The molecule has 0 saturated heterocycles. The number of ether oxygens (including phenoxy) is 10. The van der Waals surface area contributed by atoms with Crippen LogP contribution in [0.15, 0.2) is 100 Å². The van der Waals surface area contributed by atoms with Gasteiger partial charge in [-0.3, -0.25) is 0 Å². The highest BCUT2D eigenvalue weighted by molar-refractivity contribution is 5.87. The van der Waals surface area contributed by atoms with Crippen LogP contribution in [0, 0.1) is 5.92 Å². The predicted octanol–water partition coefficient (Wildman–Crippen LogP) is 7.59. The van der Waals surface area contributed by atoms with Crippen molar-refractivity contribution < 1.29 is 72.3 Å². The first-order chi connectivity index (χ1) is 34.1. The van der Waals surface area contributed by atoms with E-state index < -0.39 is 24.3 Å². The van der Waals surface area contributed by atoms with E-state index in [1.165, 1.54) is 0 Å². The van der Waals surface area contributed by atoms with Gasteiger partial charge in [0.2, 0.25) is 0 Å². The molecule has 414 valence electrons. The third kappa shape index (κ3) is 51.1. The van der Waals surface area contributed by atoms with Gasteiger partial charge < -0.3 is 67.6 Å². The molecular formula is C55H99NO15. The van der Waals surface area contributed by atoms with Crippen LogP contribution in [0.3, 0.4) is 0 Å². The van der Waals surface area contributed by atoms with Crippen LogP contribution in [0.25, 0.3) is 0 Å². The van der Waals surface area contributed by atoms with Gasteiger partial charge in [-0.1, -0.05) is 91.2 Å². The molecule has 0 amide bonds. The minimum absolute atomic E-state index is 0.00371. The molecule has 16 heteroatoms. The third-order valence-electron chi connectivity index (χ3n) is 9.40. The maximum Gasteiger partial charge on any atom is 0.333 e. The summed E-state index contributed by atoms with van der Waals surface area (Å²) in [6.07, 6.45) is 12.1. The van der Waals surface area contributed by atoms with Gasteiger partial charge in [0, 0.05) is 23.6 Å². The van der Waals surface area contributed by atoms with Crippen molar-refractivity contribution in [2.45, 2.75) is 117 Å². The van der Waals surface area contributed by atoms with Crippen molar-refractivity contribution in [2.24, 2.45) is 5.92 Å². The SMILES string of the molecule is C=C(CC)C(=O)OCC(O)CN(CC)CCC.C=CC(CC)COC(=O)C(=C)C.C=CCOCC(O)COC(CC)COCC=C.C=CCOCC(O)COC(COCC=C)COC(CC)COCC=C. The zero-order valence-corrected chi connectivity index (χ0v) is 45.1. The average Bonchev–Trinajstić information content (AvgIpc) is 3.37. The van der Waals surface area contributed by atoms with E-state index in [4.69, 9.17) is 47.4 Å². The fraction of sp³-hybridized carbons (Fsp3) is 0.673. The topological polar surface area (TPSA) is 190 Å². The van der Waals surface area contributed by atoms with E-state index in [1.807, 2.05) is 34.6 Å². The molecule has 0 aromatic heterocycles. The predicted molar refractivity (Wildman–Crippen MR) is 285 cm³/mol. The number of carbonyl (C=O) groups is 2. The molecule has 0 saturated carbocycles. The van der Waals surface area contributed by atoms with Gasteiger partial charge in [0.15, 0.2) is 0 Å². The Kier molecular flexibility index (Phi) is 58.0. The second kappa shape index (κ2) is 55.7. The monoisotopic (exact) mass is 1010 g/mol. The first-order valence-corrected chi connectivity index (χ1v) is 24.9. The molecule has 16 nitrogen and oxygen atoms in total. The molecule has 0 aliphatic rings. The largest absolute Gasteiger partial charge is 0.462 e. The van der Waals surface area contributed by atoms with E-state index in [1.54, 1.807) is 43.4 Å². The van der Waals surface area contributed by atoms with Crippen molar-refractivity contribution in [3.8, 4) is 0 Å². The van der Waals surface area contributed by atoms with Crippen molar-refractivity contribution >= 4 is 11.9 Å². The maximum absolute atomic E-state index is 11.3. The molecule has 0 rings (SSSR count). The molecule has 3 N–H and O–H groups in total. The zero-order chi connectivity index (χ0) is 54.5. The Bertz CT molecular complexity index is 1340. The third-order valence-corrected chi connectivity index (χ3v) is 9.40. The zero-order valence-electron chi connectivity index (χ0n) is 45.1. The van der Waals surface area contributed by atoms with Crippen molar-refractivity contribution in [3.05, 3.63) is 100 Å². The lowest BCUT2D eigenvalue weighted by Gasteiger charge is -2.23. The molecule has 71 heavy (non-hydrogen) atoms. The van der Waals surface area contributed by atoms with Gasteiger partial charge in [-0.25, -0.2) is 9.59 Å². The molecular weight excluding hydrogens is 915 g/mol. The van der Waals surface area contributed by atoms with Gasteiger partial charge in [0.25, 0.3) is 0 Å². The summed E-state index contributed by atoms with van der Waals surface area (Å²) in [6, 6.07) is 0. The number of hydrogen-bond donors (Lipinski definition) is 3. The average molecular weight is 1010 g/mol. The number of likely N-dealkylation sites (N-methyl/N-ethyl adjacent to an activating group) is 1. The summed E-state index contributed by atoms with van der Waals surface area (Å²) in [6.45, 7) is 50.0. The van der Waals surface area contributed by atoms with Crippen LogP contribution in [0.2, 0.25) is 0 Å². The van der Waals surface area contributed by atoms with E-state index in [0.717, 1.165) is 38.8 Å². The molecule has 0 aromatic carbocycles. The second-order valence-corrected chi connectivity index (χ2v) is 16.0. The Hall–Kier alpha value is -3.62. The highest BCUT2D eigenvalue weighted by Gasteiger charge is 2.17. The van der Waals surface area contributed by atoms with E-state index >= 15 is 0 Å². The van der Waals surface area contributed by atoms with Gasteiger partial charge in [0.1, 0.15) is 31.0 Å². The normalized spacial score (nSPS) is 13.6. The van der Waals surface area contributed by atoms with Crippen molar-refractivity contribution in [1.82, 2.24) is 4.90 Å². The Labute approximate surface area is 430 Å². The molecule has 7 unspecified atom stereocenters. The van der Waals surface area contributed by atoms with Gasteiger partial charge in [-0.05, 0) is 52.1 Å². The summed E-state index contributed by atoms with van der Waals surface area (Å²) < 4.78 is 53.5. The van der Waals surface area contributed by atoms with Crippen LogP contribution >= 0.6 is 0 Å². The number of hydrogen-bond acceptors (Lipinski definition) is 16. The van der Waals surface area contributed by atoms with E-state index in [-0.39, 0.29) is 63.2 Å². The summed E-state index contributed by atoms with van der Waals surface area (Å²) in [5.74, 6) is -0.478. The number of carbonyl (C=O) groups excluding carboxylic acids is 2. The van der Waals surface area contributed by atoms with Crippen molar-refractivity contribution in [3.63, 3.8) is 0 Å². The van der Waals surface area contributed by atoms with Crippen LogP contribution in [0.4, 0.5) is 0 Å². The standard InChI is InChI=1S/C19H34O6.C13H25NO3.C13H24O4.C10H16O2/c1-5-9-21-12-17(20)13-24-19(15-23-11-7-3)16-25-18(8-4)14-22-10-6-2;1-5-8-14(7-3)9-12(15)10-17-13(16)11(4)6-2;1-4-7-15-9-12(14)10-17-13(6-3)11-16-8-5-2;1-5-9(6-2)7-12-10(11)8(3)4/h5-7,17-20H,1-3,8-16H2,4H3;12,15H,4-10H2,1-3H3;4-5,12-14H,1-2,6-11H2,3H3;5,9H,1,3,6-7H2,2,4H3. The molecule has 0 spiro atoms. The smallest absolute Gasteiger partial charge is 0.333 e. The van der Waals surface area contributed by atoms with Crippen molar-refractivity contribution in [2.75, 3.05) is 119 Å². The van der Waals surface area contributed by atoms with Gasteiger partial charge in [0.05, 0.1) is 105 Å². The molecule has 0 fully saturated rings. The molecule has 0 radical (unpaired) electrons. The molecule has 7 atom stereocenters. The first-order valence-electron chi connectivity index (χ1n) is 24.9. The molecule has 0 aromatic rings. The van der Waals surface area contributed by atoms with Crippen molar-refractivity contribution in [1.29, 1.82) is 0 Å². The number of esters is 2. The maximum atomic E-state index is 11.3. The van der Waals surface area contributed by atoms with Gasteiger partial charge in [-0.15, -0.1) is 39.5 Å². The highest BCUT2D eigenvalue weighted by atomic mass is 16.6. The Morgan fingerprint density at radius 1 is 0.507 bits per heavy atom.